The van der Waals surface area contributed by atoms with Crippen molar-refractivity contribution in [3.8, 4) is 11.8 Å². The summed E-state index contributed by atoms with van der Waals surface area (Å²) < 4.78 is 2.16. The lowest BCUT2D eigenvalue weighted by atomic mass is 10.1. The van der Waals surface area contributed by atoms with Crippen LogP contribution < -0.4 is 4.90 Å². The topological polar surface area (TPSA) is 50.5 Å². The van der Waals surface area contributed by atoms with Crippen molar-refractivity contribution >= 4 is 17.6 Å². The first kappa shape index (κ1) is 14.0. The summed E-state index contributed by atoms with van der Waals surface area (Å²) in [4.78, 5) is 3.34. The normalized spacial score (nSPS) is 17.5. The molecule has 1 aliphatic rings. The van der Waals surface area contributed by atoms with Crippen molar-refractivity contribution in [1.82, 2.24) is 4.31 Å². The van der Waals surface area contributed by atoms with E-state index < -0.39 is 0 Å². The number of anilines is 1. The Morgan fingerprint density at radius 3 is 2.84 bits per heavy atom. The summed E-state index contributed by atoms with van der Waals surface area (Å²) in [6.07, 6.45) is 1.05. The largest absolute Gasteiger partial charge is 0.507 e. The highest BCUT2D eigenvalue weighted by Gasteiger charge is 2.23. The SMILES string of the molecule is CCC(C)N1CCN(C)Sc2cc(O)c(C#N)cc21. The molecule has 0 fully saturated rings. The maximum absolute atomic E-state index is 9.85. The summed E-state index contributed by atoms with van der Waals surface area (Å²) in [6, 6.07) is 5.99. The standard InChI is InChI=1S/C14H19N3OS/c1-4-10(2)17-6-5-16(3)19-14-8-13(18)11(9-15)7-12(14)17/h7-8,10,18H,4-6H2,1-3H3. The molecule has 1 aliphatic heterocycles. The van der Waals surface area contributed by atoms with E-state index in [0.717, 1.165) is 30.1 Å². The zero-order chi connectivity index (χ0) is 14.0. The molecule has 0 spiro atoms. The van der Waals surface area contributed by atoms with Crippen LogP contribution in [0.15, 0.2) is 17.0 Å². The van der Waals surface area contributed by atoms with E-state index in [2.05, 4.69) is 29.1 Å². The molecule has 0 radical (unpaired) electrons. The molecule has 5 heteroatoms. The molecule has 0 bridgehead atoms. The van der Waals surface area contributed by atoms with Crippen molar-refractivity contribution in [1.29, 1.82) is 5.26 Å². The second-order valence-electron chi connectivity index (χ2n) is 4.84. The second kappa shape index (κ2) is 5.72. The van der Waals surface area contributed by atoms with Gasteiger partial charge in [-0.2, -0.15) is 5.26 Å². The number of phenolic OH excluding ortho intramolecular Hbond substituents is 1. The fourth-order valence-electron chi connectivity index (χ4n) is 2.21. The maximum atomic E-state index is 9.85. The molecular weight excluding hydrogens is 258 g/mol. The number of hydrogen-bond acceptors (Lipinski definition) is 5. The first-order valence-electron chi connectivity index (χ1n) is 6.49. The first-order valence-corrected chi connectivity index (χ1v) is 7.27. The van der Waals surface area contributed by atoms with Gasteiger partial charge in [0.25, 0.3) is 0 Å². The Bertz CT molecular complexity index is 512. The number of likely N-dealkylation sites (N-methyl/N-ethyl adjacent to an activating group) is 1. The number of nitrogens with zero attached hydrogens (tertiary/aromatic N) is 3. The number of nitriles is 1. The van der Waals surface area contributed by atoms with Crippen LogP contribution >= 0.6 is 11.9 Å². The van der Waals surface area contributed by atoms with E-state index in [0.29, 0.717) is 11.6 Å². The number of fused-ring (bicyclic) bond motifs is 1. The molecule has 0 saturated carbocycles. The van der Waals surface area contributed by atoms with Gasteiger partial charge < -0.3 is 10.0 Å². The summed E-state index contributed by atoms with van der Waals surface area (Å²) in [5.74, 6) is 0.0631. The summed E-state index contributed by atoms with van der Waals surface area (Å²) in [5.41, 5.74) is 1.40. The van der Waals surface area contributed by atoms with Crippen LogP contribution in [0.25, 0.3) is 0 Å². The van der Waals surface area contributed by atoms with Gasteiger partial charge in [-0.3, -0.25) is 0 Å². The lowest BCUT2D eigenvalue weighted by molar-refractivity contribution is 0.472. The Balaban J connectivity index is 2.52. The Morgan fingerprint density at radius 1 is 1.47 bits per heavy atom. The molecule has 1 aromatic carbocycles. The van der Waals surface area contributed by atoms with Crippen LogP contribution in [0.3, 0.4) is 0 Å². The lowest BCUT2D eigenvalue weighted by Gasteiger charge is -2.30. The van der Waals surface area contributed by atoms with E-state index in [-0.39, 0.29) is 5.75 Å². The molecule has 1 aromatic rings. The number of benzene rings is 1. The van der Waals surface area contributed by atoms with Crippen molar-refractivity contribution in [3.63, 3.8) is 0 Å². The average Bonchev–Trinajstić information content (AvgIpc) is 2.55. The van der Waals surface area contributed by atoms with Crippen molar-refractivity contribution in [2.24, 2.45) is 0 Å². The fraction of sp³-hybridized carbons (Fsp3) is 0.500. The second-order valence-corrected chi connectivity index (χ2v) is 6.09. The number of hydrogen-bond donors (Lipinski definition) is 1. The molecule has 1 heterocycles. The number of rotatable bonds is 2. The van der Waals surface area contributed by atoms with Crippen LogP contribution in [-0.4, -0.2) is 35.6 Å². The zero-order valence-electron chi connectivity index (χ0n) is 11.6. The predicted octanol–water partition coefficient (Wildman–Crippen LogP) is 2.82. The molecule has 1 N–H and O–H groups in total. The summed E-state index contributed by atoms with van der Waals surface area (Å²) in [7, 11) is 2.05. The fourth-order valence-corrected chi connectivity index (χ4v) is 3.15. The molecule has 0 amide bonds. The molecule has 1 atom stereocenters. The molecule has 2 rings (SSSR count). The molecule has 4 nitrogen and oxygen atoms in total. The van der Waals surface area contributed by atoms with Crippen LogP contribution in [0.1, 0.15) is 25.8 Å². The molecule has 0 aromatic heterocycles. The Kier molecular flexibility index (Phi) is 4.23. The van der Waals surface area contributed by atoms with Crippen molar-refractivity contribution in [3.05, 3.63) is 17.7 Å². The third-order valence-corrected chi connectivity index (χ3v) is 4.56. The molecular formula is C14H19N3OS. The van der Waals surface area contributed by atoms with Crippen LogP contribution in [0.2, 0.25) is 0 Å². The van der Waals surface area contributed by atoms with Gasteiger partial charge in [0.05, 0.1) is 16.1 Å². The van der Waals surface area contributed by atoms with Crippen molar-refractivity contribution in [2.45, 2.75) is 31.2 Å². The van der Waals surface area contributed by atoms with Gasteiger partial charge in [0, 0.05) is 19.1 Å². The lowest BCUT2D eigenvalue weighted by Crippen LogP contribution is -2.36. The highest BCUT2D eigenvalue weighted by Crippen LogP contribution is 2.39. The van der Waals surface area contributed by atoms with Gasteiger partial charge in [-0.1, -0.05) is 6.92 Å². The van der Waals surface area contributed by atoms with Gasteiger partial charge in [-0.05, 0) is 44.5 Å². The van der Waals surface area contributed by atoms with Crippen LogP contribution in [0, 0.1) is 11.3 Å². The van der Waals surface area contributed by atoms with E-state index in [9.17, 15) is 5.11 Å². The summed E-state index contributed by atoms with van der Waals surface area (Å²) in [5, 5.41) is 18.9. The van der Waals surface area contributed by atoms with Crippen molar-refractivity contribution in [2.75, 3.05) is 25.0 Å². The third-order valence-electron chi connectivity index (χ3n) is 3.54. The third kappa shape index (κ3) is 2.80. The molecule has 0 aliphatic carbocycles. The highest BCUT2D eigenvalue weighted by molar-refractivity contribution is 7.97. The maximum Gasteiger partial charge on any atom is 0.134 e. The van der Waals surface area contributed by atoms with Gasteiger partial charge in [-0.25, -0.2) is 4.31 Å². The van der Waals surface area contributed by atoms with Gasteiger partial charge in [0.1, 0.15) is 11.8 Å². The predicted molar refractivity (Wildman–Crippen MR) is 78.4 cm³/mol. The zero-order valence-corrected chi connectivity index (χ0v) is 12.4. The van der Waals surface area contributed by atoms with E-state index in [1.54, 1.807) is 18.0 Å². The van der Waals surface area contributed by atoms with E-state index in [1.165, 1.54) is 0 Å². The Morgan fingerprint density at radius 2 is 2.21 bits per heavy atom. The van der Waals surface area contributed by atoms with E-state index in [1.807, 2.05) is 13.1 Å². The van der Waals surface area contributed by atoms with Gasteiger partial charge in [0.15, 0.2) is 0 Å². The van der Waals surface area contributed by atoms with E-state index >= 15 is 0 Å². The highest BCUT2D eigenvalue weighted by atomic mass is 32.2. The van der Waals surface area contributed by atoms with Crippen LogP contribution in [-0.2, 0) is 0 Å². The van der Waals surface area contributed by atoms with Gasteiger partial charge >= 0.3 is 0 Å². The minimum Gasteiger partial charge on any atom is -0.507 e. The molecule has 1 unspecified atom stereocenters. The smallest absolute Gasteiger partial charge is 0.134 e. The van der Waals surface area contributed by atoms with Crippen molar-refractivity contribution < 1.29 is 5.11 Å². The quantitative estimate of drug-likeness (QED) is 0.842. The molecule has 102 valence electrons. The summed E-state index contributed by atoms with van der Waals surface area (Å²) >= 11 is 1.62. The summed E-state index contributed by atoms with van der Waals surface area (Å²) in [6.45, 7) is 6.24. The van der Waals surface area contributed by atoms with E-state index in [4.69, 9.17) is 5.26 Å². The molecule has 19 heavy (non-hydrogen) atoms. The monoisotopic (exact) mass is 277 g/mol. The Labute approximate surface area is 118 Å². The number of phenols is 1. The molecule has 0 saturated heterocycles. The first-order chi connectivity index (χ1) is 9.06. The average molecular weight is 277 g/mol. The minimum atomic E-state index is 0.0631. The number of aromatic hydroxyl groups is 1. The minimum absolute atomic E-state index is 0.0631. The van der Waals surface area contributed by atoms with Crippen LogP contribution in [0.4, 0.5) is 5.69 Å². The van der Waals surface area contributed by atoms with Gasteiger partial charge in [-0.15, -0.1) is 0 Å². The van der Waals surface area contributed by atoms with Crippen LogP contribution in [0.5, 0.6) is 5.75 Å². The van der Waals surface area contributed by atoms with Gasteiger partial charge in [0.2, 0.25) is 0 Å². The Hall–Kier alpha value is -1.38.